The second-order valence-electron chi connectivity index (χ2n) is 26.1. The van der Waals surface area contributed by atoms with Gasteiger partial charge < -0.3 is 33.8 Å². The summed E-state index contributed by atoms with van der Waals surface area (Å²) < 4.78 is 68.2. The Morgan fingerprint density at radius 1 is 0.300 bits per heavy atom. The first kappa shape index (κ1) is 88.1. The van der Waals surface area contributed by atoms with Gasteiger partial charge in [0.25, 0.3) is 0 Å². The molecule has 0 saturated carbocycles. The Balaban J connectivity index is 5.18. The second kappa shape index (κ2) is 64.4. The number of carbonyl (C=O) groups excluding carboxylic acids is 4. The first-order valence-electron chi connectivity index (χ1n) is 37.1. The highest BCUT2D eigenvalue weighted by Gasteiger charge is 2.30. The van der Waals surface area contributed by atoms with Crippen LogP contribution in [-0.2, 0) is 65.4 Å². The molecule has 90 heavy (non-hydrogen) atoms. The second-order valence-corrected chi connectivity index (χ2v) is 29.0. The van der Waals surface area contributed by atoms with Gasteiger partial charge in [-0.1, -0.05) is 317 Å². The SMILES string of the molecule is CCCCCCCCCCCCCCCCCCCCCC(=O)O[C@H](COC(=O)CCCCCCCCCCCC(C)C)COP(=O)(O)OC[C@@H](O)COP(=O)(O)OC[C@@H](COC(=O)CCCCCCCCCC)OC(=O)CCCCCCCCCCCCC. The zero-order valence-corrected chi connectivity index (χ0v) is 60.1. The molecule has 0 aromatic carbocycles. The molecule has 0 aliphatic carbocycles. The van der Waals surface area contributed by atoms with E-state index in [2.05, 4.69) is 34.6 Å². The quantitative estimate of drug-likeness (QED) is 0.0222. The van der Waals surface area contributed by atoms with E-state index in [0.717, 1.165) is 102 Å². The number of aliphatic hydroxyl groups excluding tert-OH is 1. The van der Waals surface area contributed by atoms with Crippen molar-refractivity contribution in [1.82, 2.24) is 0 Å². The molecule has 0 rings (SSSR count). The molecular weight excluding hydrogens is 1190 g/mol. The molecule has 17 nitrogen and oxygen atoms in total. The fourth-order valence-corrected chi connectivity index (χ4v) is 12.4. The van der Waals surface area contributed by atoms with Crippen LogP contribution in [0.4, 0.5) is 0 Å². The van der Waals surface area contributed by atoms with Crippen LogP contribution in [0.25, 0.3) is 0 Å². The summed E-state index contributed by atoms with van der Waals surface area (Å²) in [6, 6.07) is 0. The Kier molecular flexibility index (Phi) is 63.0. The lowest BCUT2D eigenvalue weighted by molar-refractivity contribution is -0.161. The van der Waals surface area contributed by atoms with Crippen LogP contribution in [0.3, 0.4) is 0 Å². The topological polar surface area (TPSA) is 237 Å². The molecule has 0 aromatic heterocycles. The average Bonchev–Trinajstić information content (AvgIpc) is 3.28. The number of hydrogen-bond acceptors (Lipinski definition) is 15. The molecule has 534 valence electrons. The van der Waals surface area contributed by atoms with E-state index in [0.29, 0.717) is 25.7 Å². The van der Waals surface area contributed by atoms with Crippen molar-refractivity contribution in [2.24, 2.45) is 5.92 Å². The molecule has 0 aliphatic heterocycles. The molecule has 0 aliphatic rings. The molecule has 2 unspecified atom stereocenters. The van der Waals surface area contributed by atoms with Crippen LogP contribution >= 0.6 is 15.6 Å². The summed E-state index contributed by atoms with van der Waals surface area (Å²) in [5, 5.41) is 10.6. The fourth-order valence-electron chi connectivity index (χ4n) is 10.8. The fraction of sp³-hybridized carbons (Fsp3) is 0.944. The molecule has 0 spiro atoms. The summed E-state index contributed by atoms with van der Waals surface area (Å²) in [4.78, 5) is 72.5. The first-order valence-corrected chi connectivity index (χ1v) is 40.1. The van der Waals surface area contributed by atoms with E-state index < -0.39 is 97.5 Å². The lowest BCUT2D eigenvalue weighted by Crippen LogP contribution is -2.30. The Labute approximate surface area is 549 Å². The highest BCUT2D eigenvalue weighted by Crippen LogP contribution is 2.45. The van der Waals surface area contributed by atoms with Crippen LogP contribution < -0.4 is 0 Å². The van der Waals surface area contributed by atoms with Gasteiger partial charge in [0.2, 0.25) is 0 Å². The molecule has 0 radical (unpaired) electrons. The minimum Gasteiger partial charge on any atom is -0.462 e. The van der Waals surface area contributed by atoms with Gasteiger partial charge in [-0.3, -0.25) is 37.3 Å². The van der Waals surface area contributed by atoms with Crippen molar-refractivity contribution in [3.05, 3.63) is 0 Å². The molecular formula is C71H138O17P2. The van der Waals surface area contributed by atoms with Crippen molar-refractivity contribution >= 4 is 39.5 Å². The van der Waals surface area contributed by atoms with E-state index in [1.165, 1.54) is 186 Å². The van der Waals surface area contributed by atoms with Crippen LogP contribution in [-0.4, -0.2) is 96.7 Å². The van der Waals surface area contributed by atoms with Crippen molar-refractivity contribution in [3.8, 4) is 0 Å². The van der Waals surface area contributed by atoms with Gasteiger partial charge in [0, 0.05) is 25.7 Å². The van der Waals surface area contributed by atoms with Crippen LogP contribution in [0.1, 0.15) is 369 Å². The normalized spacial score (nSPS) is 14.1. The zero-order chi connectivity index (χ0) is 66.3. The lowest BCUT2D eigenvalue weighted by Gasteiger charge is -2.21. The largest absolute Gasteiger partial charge is 0.472 e. The number of phosphoric ester groups is 2. The van der Waals surface area contributed by atoms with Gasteiger partial charge in [-0.25, -0.2) is 9.13 Å². The predicted octanol–water partition coefficient (Wildman–Crippen LogP) is 20.5. The maximum atomic E-state index is 13.0. The number of rotatable bonds is 71. The van der Waals surface area contributed by atoms with Gasteiger partial charge in [0.05, 0.1) is 26.4 Å². The molecule has 3 N–H and O–H groups in total. The summed E-state index contributed by atoms with van der Waals surface area (Å²) >= 11 is 0. The third-order valence-electron chi connectivity index (χ3n) is 16.5. The molecule has 0 bridgehead atoms. The average molecular weight is 1330 g/mol. The molecule has 0 aromatic rings. The lowest BCUT2D eigenvalue weighted by atomic mass is 10.0. The Morgan fingerprint density at radius 3 is 0.756 bits per heavy atom. The molecule has 0 saturated heterocycles. The number of ether oxygens (including phenoxy) is 4. The van der Waals surface area contributed by atoms with E-state index >= 15 is 0 Å². The van der Waals surface area contributed by atoms with E-state index in [4.69, 9.17) is 37.0 Å². The third-order valence-corrected chi connectivity index (χ3v) is 18.4. The highest BCUT2D eigenvalue weighted by atomic mass is 31.2. The van der Waals surface area contributed by atoms with Gasteiger partial charge in [-0.05, 0) is 31.6 Å². The number of unbranched alkanes of at least 4 members (excludes halogenated alkanes) is 43. The molecule has 19 heteroatoms. The molecule has 5 atom stereocenters. The Bertz CT molecular complexity index is 1740. The van der Waals surface area contributed by atoms with Crippen LogP contribution in [0, 0.1) is 5.92 Å². The molecule has 0 amide bonds. The summed E-state index contributed by atoms with van der Waals surface area (Å²) in [7, 11) is -9.90. The predicted molar refractivity (Wildman–Crippen MR) is 363 cm³/mol. The maximum Gasteiger partial charge on any atom is 0.472 e. The highest BCUT2D eigenvalue weighted by molar-refractivity contribution is 7.47. The monoisotopic (exact) mass is 1320 g/mol. The van der Waals surface area contributed by atoms with Crippen LogP contribution in [0.15, 0.2) is 0 Å². The number of esters is 4. The van der Waals surface area contributed by atoms with Gasteiger partial charge >= 0.3 is 39.5 Å². The van der Waals surface area contributed by atoms with E-state index in [1.54, 1.807) is 0 Å². The number of phosphoric acid groups is 2. The van der Waals surface area contributed by atoms with Crippen LogP contribution in [0.5, 0.6) is 0 Å². The van der Waals surface area contributed by atoms with Crippen molar-refractivity contribution in [3.63, 3.8) is 0 Å². The summed E-state index contributed by atoms with van der Waals surface area (Å²) in [6.45, 7) is 7.21. The van der Waals surface area contributed by atoms with E-state index in [9.17, 15) is 43.2 Å². The minimum atomic E-state index is -4.95. The minimum absolute atomic E-state index is 0.107. The summed E-state index contributed by atoms with van der Waals surface area (Å²) in [5.41, 5.74) is 0. The number of aliphatic hydroxyl groups is 1. The molecule has 0 heterocycles. The van der Waals surface area contributed by atoms with Crippen molar-refractivity contribution in [2.75, 3.05) is 39.6 Å². The summed E-state index contributed by atoms with van der Waals surface area (Å²) in [5.74, 6) is -1.38. The van der Waals surface area contributed by atoms with Gasteiger partial charge in [0.1, 0.15) is 19.3 Å². The smallest absolute Gasteiger partial charge is 0.462 e. The Hall–Kier alpha value is -1.94. The van der Waals surface area contributed by atoms with Gasteiger partial charge in [0.15, 0.2) is 12.2 Å². The van der Waals surface area contributed by atoms with E-state index in [-0.39, 0.29) is 25.7 Å². The number of carbonyl (C=O) groups is 4. The van der Waals surface area contributed by atoms with Crippen LogP contribution in [0.2, 0.25) is 0 Å². The third kappa shape index (κ3) is 64.8. The summed E-state index contributed by atoms with van der Waals surface area (Å²) in [6.07, 6.45) is 51.4. The molecule has 0 fully saturated rings. The maximum absolute atomic E-state index is 13.0. The van der Waals surface area contributed by atoms with Crippen molar-refractivity contribution in [1.29, 1.82) is 0 Å². The first-order chi connectivity index (χ1) is 43.5. The zero-order valence-electron chi connectivity index (χ0n) is 58.3. The van der Waals surface area contributed by atoms with Gasteiger partial charge in [-0.15, -0.1) is 0 Å². The van der Waals surface area contributed by atoms with Gasteiger partial charge in [-0.2, -0.15) is 0 Å². The van der Waals surface area contributed by atoms with E-state index in [1.807, 2.05) is 0 Å². The van der Waals surface area contributed by atoms with Crippen molar-refractivity contribution in [2.45, 2.75) is 387 Å². The Morgan fingerprint density at radius 2 is 0.511 bits per heavy atom. The number of hydrogen-bond donors (Lipinski definition) is 3. The standard InChI is InChI=1S/C71H138O17P2/c1-6-9-12-15-18-21-23-24-25-26-27-28-29-30-32-36-42-47-52-57-71(76)88-67(61-82-69(74)55-50-45-40-37-33-34-38-43-48-53-64(4)5)63-86-90(79,80)84-59-65(72)58-83-89(77,78)85-62-66(60-81-68(73)54-49-44-39-20-17-14-11-8-3)87-70(75)56-51-46-41-35-31-22-19-16-13-10-7-2/h64-67,72H,6-63H2,1-5H3,(H,77,78)(H,79,80)/t65-,66+,67+/m0/s1. The van der Waals surface area contributed by atoms with Crippen molar-refractivity contribution < 1.29 is 80.2 Å².